The van der Waals surface area contributed by atoms with Crippen molar-refractivity contribution in [2.45, 2.75) is 50.1 Å². The van der Waals surface area contributed by atoms with Gasteiger partial charge in [-0.1, -0.05) is 30.3 Å². The lowest BCUT2D eigenvalue weighted by Crippen LogP contribution is -2.72. The Bertz CT molecular complexity index is 669. The molecule has 4 N–H and O–H groups in total. The Hall–Kier alpha value is -2.00. The number of carbonyl (C=O) groups is 2. The number of aliphatic hydroxyl groups is 1. The van der Waals surface area contributed by atoms with E-state index in [2.05, 4.69) is 16.0 Å². The van der Waals surface area contributed by atoms with Gasteiger partial charge in [0.05, 0.1) is 12.6 Å². The molecule has 2 amide bonds. The number of hydrogen-bond donors (Lipinski definition) is 4. The lowest BCUT2D eigenvalue weighted by Gasteiger charge is -2.45. The maximum Gasteiger partial charge on any atom is 0.268 e. The van der Waals surface area contributed by atoms with Crippen LogP contribution in [0.1, 0.15) is 25.3 Å². The molecule has 0 radical (unpaired) electrons. The van der Waals surface area contributed by atoms with Crippen molar-refractivity contribution in [2.75, 3.05) is 20.1 Å². The number of benzene rings is 1. The molecule has 1 spiro atoms. The Balaban J connectivity index is 1.45. The van der Waals surface area contributed by atoms with Gasteiger partial charge in [-0.25, -0.2) is 5.06 Å². The minimum atomic E-state index is -0.799. The molecule has 3 rings (SSSR count). The normalized spacial score (nSPS) is 26.7. The summed E-state index contributed by atoms with van der Waals surface area (Å²) in [6, 6.07) is 9.13. The van der Waals surface area contributed by atoms with E-state index in [1.54, 1.807) is 14.0 Å². The van der Waals surface area contributed by atoms with Crippen molar-refractivity contribution in [1.29, 1.82) is 0 Å². The molecule has 4 atom stereocenters. The van der Waals surface area contributed by atoms with Gasteiger partial charge in [-0.2, -0.15) is 0 Å². The quantitative estimate of drug-likeness (QED) is 0.458. The Morgan fingerprint density at radius 3 is 2.81 bits per heavy atom. The number of hydroxylamine groups is 2. The second kappa shape index (κ2) is 8.35. The lowest BCUT2D eigenvalue weighted by atomic mass is 9.89. The third-order valence-electron chi connectivity index (χ3n) is 5.27. The van der Waals surface area contributed by atoms with Crippen molar-refractivity contribution in [3.05, 3.63) is 35.9 Å². The van der Waals surface area contributed by atoms with Crippen molar-refractivity contribution in [3.8, 4) is 0 Å². The lowest BCUT2D eigenvalue weighted by molar-refractivity contribution is -0.231. The van der Waals surface area contributed by atoms with Crippen LogP contribution in [0.4, 0.5) is 0 Å². The molecule has 0 aliphatic carbocycles. The second-order valence-corrected chi connectivity index (χ2v) is 7.30. The largest absolute Gasteiger partial charge is 0.391 e. The summed E-state index contributed by atoms with van der Waals surface area (Å²) in [7, 11) is 1.54. The van der Waals surface area contributed by atoms with Crippen LogP contribution in [0.5, 0.6) is 0 Å². The molecule has 0 saturated carbocycles. The average molecular weight is 376 g/mol. The summed E-state index contributed by atoms with van der Waals surface area (Å²) in [6.45, 7) is 2.97. The summed E-state index contributed by atoms with van der Waals surface area (Å²) >= 11 is 0. The van der Waals surface area contributed by atoms with Crippen molar-refractivity contribution < 1.29 is 19.5 Å². The molecule has 1 aromatic carbocycles. The number of likely N-dealkylation sites (N-methyl/N-ethyl adjacent to an activating group) is 1. The van der Waals surface area contributed by atoms with E-state index >= 15 is 0 Å². The van der Waals surface area contributed by atoms with Crippen LogP contribution in [-0.2, 0) is 21.0 Å². The molecular weight excluding hydrogens is 348 g/mol. The molecule has 0 aromatic heterocycles. The summed E-state index contributed by atoms with van der Waals surface area (Å²) in [6.07, 6.45) is 0.765. The van der Waals surface area contributed by atoms with Crippen LogP contribution < -0.4 is 16.0 Å². The fourth-order valence-electron chi connectivity index (χ4n) is 3.67. The van der Waals surface area contributed by atoms with Gasteiger partial charge in [-0.15, -0.1) is 0 Å². The summed E-state index contributed by atoms with van der Waals surface area (Å²) in [4.78, 5) is 30.0. The standard InChI is InChI=1S/C19H28N4O4/c1-13(24)16(17(25)20-2)21-10-15-8-9-19(22-15)12-23(18(19)26)27-11-14-6-4-3-5-7-14/h3-7,13,15-16,21-22,24H,8-12H2,1-2H3,(H,20,25)/t13-,15?,16+,19?/m1/s1. The highest BCUT2D eigenvalue weighted by Gasteiger charge is 2.56. The molecule has 8 nitrogen and oxygen atoms in total. The molecule has 2 aliphatic rings. The third-order valence-corrected chi connectivity index (χ3v) is 5.27. The van der Waals surface area contributed by atoms with Crippen molar-refractivity contribution in [2.24, 2.45) is 0 Å². The zero-order valence-electron chi connectivity index (χ0n) is 15.8. The van der Waals surface area contributed by atoms with Crippen LogP contribution in [0.15, 0.2) is 30.3 Å². The molecule has 2 aliphatic heterocycles. The zero-order valence-corrected chi connectivity index (χ0v) is 15.8. The zero-order chi connectivity index (χ0) is 19.4. The number of nitrogens with one attached hydrogen (secondary N) is 3. The first-order valence-electron chi connectivity index (χ1n) is 9.35. The molecule has 148 valence electrons. The van der Waals surface area contributed by atoms with Crippen molar-refractivity contribution in [1.82, 2.24) is 21.0 Å². The topological polar surface area (TPSA) is 103 Å². The van der Waals surface area contributed by atoms with Crippen LogP contribution in [-0.4, -0.2) is 65.8 Å². The van der Waals surface area contributed by atoms with E-state index in [0.717, 1.165) is 18.4 Å². The maximum atomic E-state index is 12.6. The first kappa shape index (κ1) is 19.8. The van der Waals surface area contributed by atoms with Gasteiger partial charge < -0.3 is 15.7 Å². The molecule has 27 heavy (non-hydrogen) atoms. The number of β-lactam (4-membered cyclic amide) rings is 1. The van der Waals surface area contributed by atoms with Crippen LogP contribution in [0.2, 0.25) is 0 Å². The van der Waals surface area contributed by atoms with E-state index in [-0.39, 0.29) is 17.9 Å². The number of rotatable bonds is 8. The molecule has 2 fully saturated rings. The molecule has 1 aromatic rings. The number of hydrogen-bond acceptors (Lipinski definition) is 6. The Morgan fingerprint density at radius 2 is 2.19 bits per heavy atom. The summed E-state index contributed by atoms with van der Waals surface area (Å²) < 4.78 is 0. The number of aliphatic hydroxyl groups excluding tert-OH is 1. The fourth-order valence-corrected chi connectivity index (χ4v) is 3.67. The van der Waals surface area contributed by atoms with Gasteiger partial charge in [-0.05, 0) is 25.3 Å². The van der Waals surface area contributed by atoms with Gasteiger partial charge in [0, 0.05) is 19.6 Å². The monoisotopic (exact) mass is 376 g/mol. The fraction of sp³-hybridized carbons (Fsp3) is 0.579. The first-order valence-corrected chi connectivity index (χ1v) is 9.35. The highest BCUT2D eigenvalue weighted by atomic mass is 16.7. The predicted octanol–water partition coefficient (Wildman–Crippen LogP) is -0.464. The Kier molecular flexibility index (Phi) is 6.11. The van der Waals surface area contributed by atoms with E-state index in [1.807, 2.05) is 30.3 Å². The summed E-state index contributed by atoms with van der Waals surface area (Å²) in [5, 5.41) is 20.2. The molecule has 0 bridgehead atoms. The van der Waals surface area contributed by atoms with E-state index < -0.39 is 17.7 Å². The van der Waals surface area contributed by atoms with Gasteiger partial charge >= 0.3 is 0 Å². The van der Waals surface area contributed by atoms with Gasteiger partial charge in [-0.3, -0.25) is 19.7 Å². The van der Waals surface area contributed by atoms with E-state index in [9.17, 15) is 14.7 Å². The molecule has 2 heterocycles. The molecule has 2 unspecified atom stereocenters. The van der Waals surface area contributed by atoms with Crippen LogP contribution in [0, 0.1) is 0 Å². The van der Waals surface area contributed by atoms with Crippen molar-refractivity contribution in [3.63, 3.8) is 0 Å². The minimum Gasteiger partial charge on any atom is -0.391 e. The molecule has 2 saturated heterocycles. The number of carbonyl (C=O) groups excluding carboxylic acids is 2. The predicted molar refractivity (Wildman–Crippen MR) is 99.4 cm³/mol. The van der Waals surface area contributed by atoms with Gasteiger partial charge in [0.25, 0.3) is 5.91 Å². The van der Waals surface area contributed by atoms with Crippen LogP contribution >= 0.6 is 0 Å². The van der Waals surface area contributed by atoms with Gasteiger partial charge in [0.15, 0.2) is 0 Å². The second-order valence-electron chi connectivity index (χ2n) is 7.30. The minimum absolute atomic E-state index is 0.0423. The van der Waals surface area contributed by atoms with Gasteiger partial charge in [0.1, 0.15) is 18.2 Å². The highest BCUT2D eigenvalue weighted by molar-refractivity contribution is 5.92. The van der Waals surface area contributed by atoms with E-state index in [4.69, 9.17) is 4.84 Å². The van der Waals surface area contributed by atoms with Crippen LogP contribution in [0.3, 0.4) is 0 Å². The smallest absolute Gasteiger partial charge is 0.268 e. The van der Waals surface area contributed by atoms with Crippen LogP contribution in [0.25, 0.3) is 0 Å². The van der Waals surface area contributed by atoms with E-state index in [1.165, 1.54) is 5.06 Å². The SMILES string of the molecule is CNC(=O)[C@@H](NCC1CCC2(CN(OCc3ccccc3)C2=O)N1)[C@@H](C)O. The molecule has 8 heteroatoms. The highest BCUT2D eigenvalue weighted by Crippen LogP contribution is 2.34. The number of amides is 2. The number of nitrogens with zero attached hydrogens (tertiary/aromatic N) is 1. The van der Waals surface area contributed by atoms with E-state index in [0.29, 0.717) is 19.7 Å². The Labute approximate surface area is 159 Å². The summed E-state index contributed by atoms with van der Waals surface area (Å²) in [5.74, 6) is -0.294. The van der Waals surface area contributed by atoms with Gasteiger partial charge in [0.2, 0.25) is 5.91 Å². The first-order chi connectivity index (χ1) is 12.9. The average Bonchev–Trinajstić information content (AvgIpc) is 3.11. The Morgan fingerprint density at radius 1 is 1.44 bits per heavy atom. The molecular formula is C19H28N4O4. The van der Waals surface area contributed by atoms with Crippen molar-refractivity contribution >= 4 is 11.8 Å². The third kappa shape index (κ3) is 4.30. The summed E-state index contributed by atoms with van der Waals surface area (Å²) in [5.41, 5.74) is 0.460. The maximum absolute atomic E-state index is 12.6.